The summed E-state index contributed by atoms with van der Waals surface area (Å²) in [6.07, 6.45) is 4.11. The monoisotopic (exact) mass is 299 g/mol. The van der Waals surface area contributed by atoms with Crippen molar-refractivity contribution in [2.75, 3.05) is 0 Å². The Balaban J connectivity index is 1.53. The molecule has 1 fully saturated rings. The molecular formula is C17H21N3O2. The maximum Gasteiger partial charge on any atom is 0.315 e. The van der Waals surface area contributed by atoms with Crippen LogP contribution < -0.4 is 10.6 Å². The van der Waals surface area contributed by atoms with Crippen molar-refractivity contribution in [2.45, 2.75) is 39.3 Å². The number of aryl methyl sites for hydroxylation is 1. The Hall–Kier alpha value is -2.30. The molecule has 2 N–H and O–H groups in total. The zero-order chi connectivity index (χ0) is 15.5. The van der Waals surface area contributed by atoms with Crippen molar-refractivity contribution >= 4 is 6.03 Å². The van der Waals surface area contributed by atoms with Crippen molar-refractivity contribution in [3.8, 4) is 11.3 Å². The molecule has 1 atom stereocenters. The van der Waals surface area contributed by atoms with Crippen molar-refractivity contribution in [3.05, 3.63) is 41.9 Å². The first-order valence-corrected chi connectivity index (χ1v) is 7.68. The van der Waals surface area contributed by atoms with Crippen LogP contribution in [0.15, 0.2) is 34.9 Å². The molecule has 0 aliphatic heterocycles. The molecule has 1 aliphatic rings. The number of carbonyl (C=O) groups excluding carboxylic acids is 1. The van der Waals surface area contributed by atoms with Gasteiger partial charge >= 0.3 is 6.03 Å². The van der Waals surface area contributed by atoms with Crippen LogP contribution >= 0.6 is 0 Å². The Morgan fingerprint density at radius 3 is 2.77 bits per heavy atom. The van der Waals surface area contributed by atoms with Gasteiger partial charge in [-0.1, -0.05) is 29.8 Å². The van der Waals surface area contributed by atoms with E-state index in [2.05, 4.69) is 15.6 Å². The summed E-state index contributed by atoms with van der Waals surface area (Å²) in [6, 6.07) is 8.11. The van der Waals surface area contributed by atoms with Gasteiger partial charge in [-0.15, -0.1) is 0 Å². The van der Waals surface area contributed by atoms with Crippen molar-refractivity contribution in [2.24, 2.45) is 5.92 Å². The summed E-state index contributed by atoms with van der Waals surface area (Å²) in [4.78, 5) is 16.0. The van der Waals surface area contributed by atoms with Gasteiger partial charge in [0, 0.05) is 11.6 Å². The summed E-state index contributed by atoms with van der Waals surface area (Å²) in [5.41, 5.74) is 2.18. The number of nitrogens with zero attached hydrogens (tertiary/aromatic N) is 1. The van der Waals surface area contributed by atoms with Crippen LogP contribution in [0.25, 0.3) is 11.3 Å². The second-order valence-corrected chi connectivity index (χ2v) is 5.94. The normalized spacial score (nSPS) is 15.4. The maximum absolute atomic E-state index is 11.8. The minimum Gasteiger partial charge on any atom is -0.439 e. The molecule has 0 saturated heterocycles. The molecule has 1 heterocycles. The molecule has 0 unspecified atom stereocenters. The van der Waals surface area contributed by atoms with E-state index in [1.54, 1.807) is 6.20 Å². The van der Waals surface area contributed by atoms with Gasteiger partial charge in [-0.25, -0.2) is 9.78 Å². The number of rotatable bonds is 5. The van der Waals surface area contributed by atoms with Gasteiger partial charge in [0.1, 0.15) is 0 Å². The highest BCUT2D eigenvalue weighted by molar-refractivity contribution is 5.74. The van der Waals surface area contributed by atoms with E-state index in [0.29, 0.717) is 17.6 Å². The molecule has 5 nitrogen and oxygen atoms in total. The number of carbonyl (C=O) groups is 1. The van der Waals surface area contributed by atoms with Crippen molar-refractivity contribution in [1.29, 1.82) is 0 Å². The molecule has 116 valence electrons. The van der Waals surface area contributed by atoms with E-state index in [1.807, 2.05) is 38.1 Å². The van der Waals surface area contributed by atoms with Crippen LogP contribution in [-0.4, -0.2) is 17.1 Å². The van der Waals surface area contributed by atoms with E-state index < -0.39 is 0 Å². The predicted molar refractivity (Wildman–Crippen MR) is 84.2 cm³/mol. The van der Waals surface area contributed by atoms with Gasteiger partial charge in [0.15, 0.2) is 5.76 Å². The molecule has 1 aliphatic carbocycles. The Morgan fingerprint density at radius 1 is 1.36 bits per heavy atom. The molecular weight excluding hydrogens is 278 g/mol. The van der Waals surface area contributed by atoms with Crippen LogP contribution in [-0.2, 0) is 6.54 Å². The SMILES string of the molecule is Cc1ccc(-c2cnc(CNC(=O)N[C@@H](C)C3CC3)o2)cc1. The van der Waals surface area contributed by atoms with Crippen LogP contribution in [0.1, 0.15) is 31.2 Å². The quantitative estimate of drug-likeness (QED) is 0.890. The van der Waals surface area contributed by atoms with Crippen LogP contribution in [0.5, 0.6) is 0 Å². The number of benzene rings is 1. The Bertz CT molecular complexity index is 644. The molecule has 0 radical (unpaired) electrons. The molecule has 22 heavy (non-hydrogen) atoms. The van der Waals surface area contributed by atoms with Crippen LogP contribution in [0.4, 0.5) is 4.79 Å². The molecule has 1 aromatic heterocycles. The number of aromatic nitrogens is 1. The third kappa shape index (κ3) is 3.67. The van der Waals surface area contributed by atoms with E-state index in [1.165, 1.54) is 18.4 Å². The van der Waals surface area contributed by atoms with Gasteiger partial charge in [-0.05, 0) is 32.6 Å². The minimum atomic E-state index is -0.172. The van der Waals surface area contributed by atoms with Crippen molar-refractivity contribution in [3.63, 3.8) is 0 Å². The number of oxazole rings is 1. The van der Waals surface area contributed by atoms with Gasteiger partial charge < -0.3 is 15.1 Å². The fourth-order valence-corrected chi connectivity index (χ4v) is 2.37. The largest absolute Gasteiger partial charge is 0.439 e. The van der Waals surface area contributed by atoms with Crippen molar-refractivity contribution < 1.29 is 9.21 Å². The molecule has 1 saturated carbocycles. The number of amides is 2. The molecule has 5 heteroatoms. The molecule has 2 amide bonds. The first-order chi connectivity index (χ1) is 10.6. The standard InChI is InChI=1S/C17H21N3O2/c1-11-3-5-14(6-4-11)15-9-18-16(22-15)10-19-17(21)20-12(2)13-7-8-13/h3-6,9,12-13H,7-8,10H2,1-2H3,(H2,19,20,21)/t12-/m0/s1. The van der Waals surface area contributed by atoms with Gasteiger partial charge in [0.2, 0.25) is 5.89 Å². The van der Waals surface area contributed by atoms with Crippen LogP contribution in [0, 0.1) is 12.8 Å². The Kier molecular flexibility index (Phi) is 4.13. The number of hydrogen-bond donors (Lipinski definition) is 2. The molecule has 2 aromatic rings. The van der Waals surface area contributed by atoms with Gasteiger partial charge in [0.25, 0.3) is 0 Å². The van der Waals surface area contributed by atoms with Crippen molar-refractivity contribution in [1.82, 2.24) is 15.6 Å². The molecule has 1 aromatic carbocycles. The summed E-state index contributed by atoms with van der Waals surface area (Å²) < 4.78 is 5.67. The van der Waals surface area contributed by atoms with E-state index in [-0.39, 0.29) is 18.6 Å². The maximum atomic E-state index is 11.8. The number of nitrogens with one attached hydrogen (secondary N) is 2. The summed E-state index contributed by atoms with van der Waals surface area (Å²) in [5, 5.41) is 5.72. The minimum absolute atomic E-state index is 0.172. The van der Waals surface area contributed by atoms with Gasteiger partial charge in [0.05, 0.1) is 12.7 Å². The van der Waals surface area contributed by atoms with E-state index in [9.17, 15) is 4.79 Å². The lowest BCUT2D eigenvalue weighted by molar-refractivity contribution is 0.235. The third-order valence-corrected chi connectivity index (χ3v) is 3.98. The predicted octanol–water partition coefficient (Wildman–Crippen LogP) is 3.25. The summed E-state index contributed by atoms with van der Waals surface area (Å²) >= 11 is 0. The van der Waals surface area contributed by atoms with Gasteiger partial charge in [-0.2, -0.15) is 0 Å². The zero-order valence-electron chi connectivity index (χ0n) is 12.9. The molecule has 0 spiro atoms. The number of urea groups is 1. The summed E-state index contributed by atoms with van der Waals surface area (Å²) in [5.74, 6) is 1.86. The Morgan fingerprint density at radius 2 is 2.09 bits per heavy atom. The molecule has 3 rings (SSSR count). The lowest BCUT2D eigenvalue weighted by atomic mass is 10.1. The van der Waals surface area contributed by atoms with E-state index >= 15 is 0 Å². The lowest BCUT2D eigenvalue weighted by Gasteiger charge is -2.12. The number of hydrogen-bond acceptors (Lipinski definition) is 3. The fourth-order valence-electron chi connectivity index (χ4n) is 2.37. The van der Waals surface area contributed by atoms with Gasteiger partial charge in [-0.3, -0.25) is 0 Å². The lowest BCUT2D eigenvalue weighted by Crippen LogP contribution is -2.41. The average Bonchev–Trinajstić information content (AvgIpc) is 3.25. The summed E-state index contributed by atoms with van der Waals surface area (Å²) in [7, 11) is 0. The smallest absolute Gasteiger partial charge is 0.315 e. The topological polar surface area (TPSA) is 67.2 Å². The fraction of sp³-hybridized carbons (Fsp3) is 0.412. The van der Waals surface area contributed by atoms with Crippen LogP contribution in [0.2, 0.25) is 0 Å². The third-order valence-electron chi connectivity index (χ3n) is 3.98. The van der Waals surface area contributed by atoms with E-state index in [4.69, 9.17) is 4.42 Å². The highest BCUT2D eigenvalue weighted by Crippen LogP contribution is 2.32. The first kappa shape index (κ1) is 14.6. The highest BCUT2D eigenvalue weighted by atomic mass is 16.4. The van der Waals surface area contributed by atoms with Crippen LogP contribution in [0.3, 0.4) is 0 Å². The zero-order valence-corrected chi connectivity index (χ0v) is 12.9. The molecule has 0 bridgehead atoms. The Labute approximate surface area is 130 Å². The first-order valence-electron chi connectivity index (χ1n) is 7.68. The van der Waals surface area contributed by atoms with E-state index in [0.717, 1.165) is 5.56 Å². The second-order valence-electron chi connectivity index (χ2n) is 5.94. The summed E-state index contributed by atoms with van der Waals surface area (Å²) in [6.45, 7) is 4.37. The second kappa shape index (κ2) is 6.22. The highest BCUT2D eigenvalue weighted by Gasteiger charge is 2.28. The average molecular weight is 299 g/mol.